The van der Waals surface area contributed by atoms with E-state index in [1.54, 1.807) is 54.6 Å². The van der Waals surface area contributed by atoms with Crippen molar-refractivity contribution >= 4 is 46.6 Å². The molecule has 0 aliphatic carbocycles. The highest BCUT2D eigenvalue weighted by atomic mass is 35.5. The van der Waals surface area contributed by atoms with E-state index in [0.29, 0.717) is 27.9 Å². The number of ether oxygens (including phenoxy) is 1. The number of amides is 2. The molecule has 1 aliphatic heterocycles. The van der Waals surface area contributed by atoms with E-state index in [9.17, 15) is 9.59 Å². The van der Waals surface area contributed by atoms with E-state index >= 15 is 0 Å². The Bertz CT molecular complexity index is 1050. The number of para-hydroxylation sites is 1. The first-order valence-electron chi connectivity index (χ1n) is 8.93. The normalized spacial score (nSPS) is 16.3. The summed E-state index contributed by atoms with van der Waals surface area (Å²) in [6.07, 6.45) is 0.140. The van der Waals surface area contributed by atoms with E-state index in [-0.39, 0.29) is 18.2 Å². The summed E-state index contributed by atoms with van der Waals surface area (Å²) in [5.74, 6) is 0.772. The van der Waals surface area contributed by atoms with Gasteiger partial charge in [-0.3, -0.25) is 9.59 Å². The molecule has 29 heavy (non-hydrogen) atoms. The minimum atomic E-state index is -0.489. The van der Waals surface area contributed by atoms with Crippen molar-refractivity contribution in [3.63, 3.8) is 0 Å². The third kappa shape index (κ3) is 4.23. The number of nitrogens with two attached hydrogens (primary N) is 1. The summed E-state index contributed by atoms with van der Waals surface area (Å²) in [6.45, 7) is 0. The van der Waals surface area contributed by atoms with Crippen LogP contribution in [-0.2, 0) is 9.59 Å². The molecule has 4 rings (SSSR count). The van der Waals surface area contributed by atoms with Crippen LogP contribution in [0.15, 0.2) is 77.7 Å². The van der Waals surface area contributed by atoms with Crippen molar-refractivity contribution in [2.24, 2.45) is 0 Å². The fraction of sp³-hybridized carbons (Fsp3) is 0.0909. The number of carbonyl (C=O) groups excluding carboxylic acids is 2. The van der Waals surface area contributed by atoms with E-state index in [2.05, 4.69) is 0 Å². The van der Waals surface area contributed by atoms with Crippen LogP contribution in [0.3, 0.4) is 0 Å². The Balaban J connectivity index is 1.47. The van der Waals surface area contributed by atoms with Crippen LogP contribution in [0, 0.1) is 0 Å². The molecule has 2 N–H and O–H groups in total. The summed E-state index contributed by atoms with van der Waals surface area (Å²) in [6, 6.07) is 21.2. The molecule has 0 spiro atoms. The zero-order chi connectivity index (χ0) is 20.4. The molecule has 1 atom stereocenters. The van der Waals surface area contributed by atoms with E-state index < -0.39 is 5.25 Å². The van der Waals surface area contributed by atoms with Crippen molar-refractivity contribution < 1.29 is 14.3 Å². The number of carbonyl (C=O) groups is 2. The summed E-state index contributed by atoms with van der Waals surface area (Å²) in [5.41, 5.74) is 7.08. The van der Waals surface area contributed by atoms with Crippen molar-refractivity contribution in [2.75, 3.05) is 10.6 Å². The van der Waals surface area contributed by atoms with Crippen LogP contribution < -0.4 is 15.4 Å². The molecule has 146 valence electrons. The number of nitrogen functional groups attached to an aromatic ring is 1. The predicted octanol–water partition coefficient (Wildman–Crippen LogP) is 5.14. The fourth-order valence-electron chi connectivity index (χ4n) is 3.01. The van der Waals surface area contributed by atoms with Crippen molar-refractivity contribution in [1.82, 2.24) is 0 Å². The summed E-state index contributed by atoms with van der Waals surface area (Å²) < 4.78 is 5.75. The van der Waals surface area contributed by atoms with Gasteiger partial charge >= 0.3 is 0 Å². The van der Waals surface area contributed by atoms with Gasteiger partial charge in [0.25, 0.3) is 0 Å². The molecule has 1 saturated heterocycles. The maximum Gasteiger partial charge on any atom is 0.247 e. The number of halogens is 1. The van der Waals surface area contributed by atoms with Gasteiger partial charge in [0, 0.05) is 22.0 Å². The average molecular weight is 425 g/mol. The van der Waals surface area contributed by atoms with Gasteiger partial charge in [-0.1, -0.05) is 23.7 Å². The lowest BCUT2D eigenvalue weighted by Gasteiger charge is -2.16. The Morgan fingerprint density at radius 3 is 2.21 bits per heavy atom. The van der Waals surface area contributed by atoms with E-state index in [1.807, 2.05) is 18.2 Å². The molecule has 1 heterocycles. The Hall–Kier alpha value is -2.96. The lowest BCUT2D eigenvalue weighted by atomic mass is 10.2. The van der Waals surface area contributed by atoms with E-state index in [4.69, 9.17) is 22.1 Å². The van der Waals surface area contributed by atoms with Crippen LogP contribution in [0.4, 0.5) is 11.4 Å². The number of nitrogens with zero attached hydrogens (tertiary/aromatic N) is 1. The number of anilines is 2. The lowest BCUT2D eigenvalue weighted by molar-refractivity contribution is -0.121. The first-order chi connectivity index (χ1) is 14.0. The molecular formula is C22H17ClN2O3S. The fourth-order valence-corrected chi connectivity index (χ4v) is 4.24. The summed E-state index contributed by atoms with van der Waals surface area (Å²) in [5, 5.41) is 0.139. The number of rotatable bonds is 5. The van der Waals surface area contributed by atoms with Gasteiger partial charge in [-0.15, -0.1) is 11.8 Å². The SMILES string of the molecule is Nc1ccccc1S[C@@H]1CC(=O)N(c2ccc(Oc3ccc(Cl)cc3)cc2)C1=O. The van der Waals surface area contributed by atoms with Gasteiger partial charge in [0.15, 0.2) is 0 Å². The Morgan fingerprint density at radius 1 is 0.931 bits per heavy atom. The molecule has 1 fully saturated rings. The molecule has 0 aromatic heterocycles. The quantitative estimate of drug-likeness (QED) is 0.453. The molecule has 0 radical (unpaired) electrons. The molecule has 3 aromatic rings. The molecule has 1 aliphatic rings. The third-order valence-electron chi connectivity index (χ3n) is 4.44. The maximum atomic E-state index is 12.8. The number of hydrogen-bond acceptors (Lipinski definition) is 5. The first-order valence-corrected chi connectivity index (χ1v) is 10.2. The lowest BCUT2D eigenvalue weighted by Crippen LogP contribution is -2.31. The van der Waals surface area contributed by atoms with Crippen molar-refractivity contribution in [3.05, 3.63) is 77.8 Å². The topological polar surface area (TPSA) is 72.6 Å². The van der Waals surface area contributed by atoms with Crippen LogP contribution in [0.2, 0.25) is 5.02 Å². The second kappa shape index (κ2) is 8.19. The van der Waals surface area contributed by atoms with Crippen molar-refractivity contribution in [2.45, 2.75) is 16.6 Å². The highest BCUT2D eigenvalue weighted by Gasteiger charge is 2.40. The Labute approximate surface area is 177 Å². The van der Waals surface area contributed by atoms with Crippen LogP contribution in [0.1, 0.15) is 6.42 Å². The highest BCUT2D eigenvalue weighted by molar-refractivity contribution is 8.00. The van der Waals surface area contributed by atoms with Crippen molar-refractivity contribution in [1.29, 1.82) is 0 Å². The van der Waals surface area contributed by atoms with Crippen LogP contribution in [0.5, 0.6) is 11.5 Å². The van der Waals surface area contributed by atoms with Crippen LogP contribution >= 0.6 is 23.4 Å². The minimum absolute atomic E-state index is 0.140. The van der Waals surface area contributed by atoms with Gasteiger partial charge in [-0.25, -0.2) is 4.90 Å². The standard InChI is InChI=1S/C22H17ClN2O3S/c23-14-5-9-16(10-6-14)28-17-11-7-15(8-12-17)25-21(26)13-20(22(25)27)29-19-4-2-1-3-18(19)24/h1-12,20H,13,24H2/t20-/m1/s1. The molecule has 2 amide bonds. The van der Waals surface area contributed by atoms with Crippen LogP contribution in [0.25, 0.3) is 0 Å². The van der Waals surface area contributed by atoms with Gasteiger partial charge in [0.05, 0.1) is 10.9 Å². The van der Waals surface area contributed by atoms with Gasteiger partial charge < -0.3 is 10.5 Å². The van der Waals surface area contributed by atoms with Gasteiger partial charge in [-0.2, -0.15) is 0 Å². The monoisotopic (exact) mass is 424 g/mol. The molecule has 0 unspecified atom stereocenters. The maximum absolute atomic E-state index is 12.8. The summed E-state index contributed by atoms with van der Waals surface area (Å²) in [4.78, 5) is 27.4. The zero-order valence-corrected chi connectivity index (χ0v) is 16.8. The number of benzene rings is 3. The van der Waals surface area contributed by atoms with Gasteiger partial charge in [0.1, 0.15) is 11.5 Å². The molecule has 7 heteroatoms. The number of imide groups is 1. The molecular weight excluding hydrogens is 408 g/mol. The molecule has 0 saturated carbocycles. The molecule has 5 nitrogen and oxygen atoms in total. The molecule has 3 aromatic carbocycles. The second-order valence-corrected chi connectivity index (χ2v) is 8.15. The van der Waals surface area contributed by atoms with Gasteiger partial charge in [0.2, 0.25) is 11.8 Å². The van der Waals surface area contributed by atoms with E-state index in [0.717, 1.165) is 4.90 Å². The highest BCUT2D eigenvalue weighted by Crippen LogP contribution is 2.36. The number of hydrogen-bond donors (Lipinski definition) is 1. The first kappa shape index (κ1) is 19.4. The Morgan fingerprint density at radius 2 is 1.55 bits per heavy atom. The smallest absolute Gasteiger partial charge is 0.247 e. The van der Waals surface area contributed by atoms with Gasteiger partial charge in [-0.05, 0) is 60.7 Å². The largest absolute Gasteiger partial charge is 0.457 e. The Kier molecular flexibility index (Phi) is 5.47. The van der Waals surface area contributed by atoms with Crippen LogP contribution in [-0.4, -0.2) is 17.1 Å². The average Bonchev–Trinajstić information content (AvgIpc) is 2.99. The summed E-state index contributed by atoms with van der Waals surface area (Å²) >= 11 is 7.19. The zero-order valence-electron chi connectivity index (χ0n) is 15.2. The summed E-state index contributed by atoms with van der Waals surface area (Å²) in [7, 11) is 0. The second-order valence-electron chi connectivity index (χ2n) is 6.47. The van der Waals surface area contributed by atoms with Crippen molar-refractivity contribution in [3.8, 4) is 11.5 Å². The number of thioether (sulfide) groups is 1. The molecule has 0 bridgehead atoms. The predicted molar refractivity (Wildman–Crippen MR) is 116 cm³/mol. The van der Waals surface area contributed by atoms with E-state index in [1.165, 1.54) is 16.7 Å². The third-order valence-corrected chi connectivity index (χ3v) is 5.97. The minimum Gasteiger partial charge on any atom is -0.457 e.